The minimum atomic E-state index is -0.271. The summed E-state index contributed by atoms with van der Waals surface area (Å²) in [6, 6.07) is 0. The molecule has 2 aliphatic rings. The Morgan fingerprint density at radius 2 is 2.06 bits per heavy atom. The van der Waals surface area contributed by atoms with Gasteiger partial charge in [0.05, 0.1) is 0 Å². The minimum Gasteiger partial charge on any atom is -0.381 e. The number of hydrogen-bond donors (Lipinski definition) is 0. The van der Waals surface area contributed by atoms with Crippen LogP contribution in [0.4, 0.5) is 0 Å². The molecule has 17 heavy (non-hydrogen) atoms. The molecule has 0 bridgehead atoms. The van der Waals surface area contributed by atoms with Crippen LogP contribution in [0.2, 0.25) is 0 Å². The molecular weight excluding hydrogens is 220 g/mol. The molecule has 5 nitrogen and oxygen atoms in total. The van der Waals surface area contributed by atoms with Gasteiger partial charge in [-0.25, -0.2) is 0 Å². The van der Waals surface area contributed by atoms with Crippen LogP contribution in [-0.2, 0) is 15.1 Å². The van der Waals surface area contributed by atoms with Crippen LogP contribution in [0.25, 0.3) is 0 Å². The summed E-state index contributed by atoms with van der Waals surface area (Å²) in [5, 5.41) is 4.10. The summed E-state index contributed by atoms with van der Waals surface area (Å²) in [7, 11) is 1.73. The minimum absolute atomic E-state index is 0.271. The fourth-order valence-electron chi connectivity index (χ4n) is 2.55. The number of rotatable bonds is 3. The molecule has 2 fully saturated rings. The number of aromatic nitrogens is 2. The summed E-state index contributed by atoms with van der Waals surface area (Å²) in [4.78, 5) is 4.54. The molecule has 1 saturated heterocycles. The molecule has 0 aromatic carbocycles. The fraction of sp³-hybridized carbons (Fsp3) is 0.833. The number of hydrogen-bond acceptors (Lipinski definition) is 5. The van der Waals surface area contributed by atoms with Gasteiger partial charge in [-0.1, -0.05) is 5.16 Å². The third-order valence-electron chi connectivity index (χ3n) is 3.97. The maximum absolute atomic E-state index is 5.55. The van der Waals surface area contributed by atoms with Gasteiger partial charge in [0.15, 0.2) is 0 Å². The van der Waals surface area contributed by atoms with Crippen LogP contribution in [-0.4, -0.2) is 30.5 Å². The molecule has 1 aromatic rings. The van der Waals surface area contributed by atoms with E-state index < -0.39 is 0 Å². The SMILES string of the molecule is COC1(c2noc(C3CCOCC3)n2)CCC1. The van der Waals surface area contributed by atoms with E-state index in [0.717, 1.165) is 50.6 Å². The normalized spacial score (nSPS) is 24.5. The van der Waals surface area contributed by atoms with Gasteiger partial charge in [-0.05, 0) is 32.1 Å². The third-order valence-corrected chi connectivity index (χ3v) is 3.97. The molecule has 1 saturated carbocycles. The lowest BCUT2D eigenvalue weighted by molar-refractivity contribution is -0.0858. The largest absolute Gasteiger partial charge is 0.381 e. The Morgan fingerprint density at radius 3 is 2.65 bits per heavy atom. The van der Waals surface area contributed by atoms with Gasteiger partial charge in [0, 0.05) is 26.2 Å². The summed E-state index contributed by atoms with van der Waals surface area (Å²) < 4.78 is 16.3. The van der Waals surface area contributed by atoms with Crippen LogP contribution >= 0.6 is 0 Å². The number of nitrogens with zero attached hydrogens (tertiary/aromatic N) is 2. The molecule has 1 aromatic heterocycles. The molecule has 3 rings (SSSR count). The van der Waals surface area contributed by atoms with E-state index in [1.54, 1.807) is 7.11 Å². The smallest absolute Gasteiger partial charge is 0.230 e. The van der Waals surface area contributed by atoms with Crippen molar-refractivity contribution in [3.8, 4) is 0 Å². The van der Waals surface area contributed by atoms with E-state index in [-0.39, 0.29) is 5.60 Å². The summed E-state index contributed by atoms with van der Waals surface area (Å²) in [5.74, 6) is 1.85. The lowest BCUT2D eigenvalue weighted by Crippen LogP contribution is -2.37. The topological polar surface area (TPSA) is 57.4 Å². The third kappa shape index (κ3) is 1.87. The van der Waals surface area contributed by atoms with Crippen LogP contribution in [0.1, 0.15) is 49.7 Å². The van der Waals surface area contributed by atoms with Crippen LogP contribution in [0.5, 0.6) is 0 Å². The van der Waals surface area contributed by atoms with Crippen molar-refractivity contribution in [1.82, 2.24) is 10.1 Å². The standard InChI is InChI=1S/C12H18N2O3/c1-15-12(5-2-6-12)11-13-10(17-14-11)9-3-7-16-8-4-9/h9H,2-8H2,1H3. The van der Waals surface area contributed by atoms with Gasteiger partial charge in [-0.3, -0.25) is 0 Å². The molecular formula is C12H18N2O3. The second kappa shape index (κ2) is 4.38. The highest BCUT2D eigenvalue weighted by Gasteiger charge is 2.43. The van der Waals surface area contributed by atoms with E-state index in [2.05, 4.69) is 10.1 Å². The average molecular weight is 238 g/mol. The monoisotopic (exact) mass is 238 g/mol. The summed E-state index contributed by atoms with van der Waals surface area (Å²) in [6.07, 6.45) is 5.12. The van der Waals surface area contributed by atoms with Crippen molar-refractivity contribution in [3.63, 3.8) is 0 Å². The molecule has 1 aliphatic heterocycles. The molecule has 0 amide bonds. The van der Waals surface area contributed by atoms with Crippen molar-refractivity contribution in [2.75, 3.05) is 20.3 Å². The van der Waals surface area contributed by atoms with Gasteiger partial charge >= 0.3 is 0 Å². The van der Waals surface area contributed by atoms with Gasteiger partial charge in [-0.2, -0.15) is 4.98 Å². The van der Waals surface area contributed by atoms with Crippen molar-refractivity contribution in [2.24, 2.45) is 0 Å². The summed E-state index contributed by atoms with van der Waals surface area (Å²) in [6.45, 7) is 1.58. The van der Waals surface area contributed by atoms with E-state index >= 15 is 0 Å². The van der Waals surface area contributed by atoms with Gasteiger partial charge < -0.3 is 14.0 Å². The molecule has 0 N–H and O–H groups in total. The Kier molecular flexibility index (Phi) is 2.88. The molecule has 0 spiro atoms. The van der Waals surface area contributed by atoms with Crippen molar-refractivity contribution in [1.29, 1.82) is 0 Å². The maximum Gasteiger partial charge on any atom is 0.230 e. The Balaban J connectivity index is 1.77. The lowest BCUT2D eigenvalue weighted by Gasteiger charge is -2.37. The van der Waals surface area contributed by atoms with Crippen molar-refractivity contribution < 1.29 is 14.0 Å². The van der Waals surface area contributed by atoms with Gasteiger partial charge in [0.25, 0.3) is 0 Å². The van der Waals surface area contributed by atoms with Crippen molar-refractivity contribution in [3.05, 3.63) is 11.7 Å². The van der Waals surface area contributed by atoms with E-state index in [1.165, 1.54) is 6.42 Å². The highest BCUT2D eigenvalue weighted by atomic mass is 16.5. The first-order valence-electron chi connectivity index (χ1n) is 6.31. The molecule has 94 valence electrons. The van der Waals surface area contributed by atoms with Crippen LogP contribution in [0.15, 0.2) is 4.52 Å². The lowest BCUT2D eigenvalue weighted by atomic mass is 9.79. The first-order chi connectivity index (χ1) is 8.34. The Bertz CT molecular complexity index is 375. The molecule has 1 aliphatic carbocycles. The van der Waals surface area contributed by atoms with Crippen LogP contribution < -0.4 is 0 Å². The van der Waals surface area contributed by atoms with E-state index in [4.69, 9.17) is 14.0 Å². The van der Waals surface area contributed by atoms with Gasteiger partial charge in [-0.15, -0.1) is 0 Å². The van der Waals surface area contributed by atoms with E-state index in [0.29, 0.717) is 5.92 Å². The van der Waals surface area contributed by atoms with Gasteiger partial charge in [0.2, 0.25) is 11.7 Å². The molecule has 5 heteroatoms. The predicted molar refractivity (Wildman–Crippen MR) is 59.6 cm³/mol. The highest BCUT2D eigenvalue weighted by Crippen LogP contribution is 2.43. The molecule has 0 radical (unpaired) electrons. The first-order valence-corrected chi connectivity index (χ1v) is 6.31. The zero-order valence-corrected chi connectivity index (χ0v) is 10.1. The maximum atomic E-state index is 5.55. The average Bonchev–Trinajstić information content (AvgIpc) is 2.80. The molecule has 2 heterocycles. The highest BCUT2D eigenvalue weighted by molar-refractivity contribution is 5.08. The zero-order valence-electron chi connectivity index (χ0n) is 10.1. The Morgan fingerprint density at radius 1 is 1.29 bits per heavy atom. The van der Waals surface area contributed by atoms with Crippen molar-refractivity contribution >= 4 is 0 Å². The molecule has 0 atom stereocenters. The predicted octanol–water partition coefficient (Wildman–Crippen LogP) is 1.99. The first kappa shape index (κ1) is 11.2. The quantitative estimate of drug-likeness (QED) is 0.806. The summed E-state index contributed by atoms with van der Waals surface area (Å²) >= 11 is 0. The Labute approximate surface area is 100 Å². The van der Waals surface area contributed by atoms with E-state index in [9.17, 15) is 0 Å². The van der Waals surface area contributed by atoms with Crippen LogP contribution in [0.3, 0.4) is 0 Å². The van der Waals surface area contributed by atoms with Crippen LogP contribution in [0, 0.1) is 0 Å². The number of methoxy groups -OCH3 is 1. The second-order valence-electron chi connectivity index (χ2n) is 4.89. The fourth-order valence-corrected chi connectivity index (χ4v) is 2.55. The van der Waals surface area contributed by atoms with Crippen molar-refractivity contribution in [2.45, 2.75) is 43.6 Å². The van der Waals surface area contributed by atoms with E-state index in [1.807, 2.05) is 0 Å². The molecule has 0 unspecified atom stereocenters. The second-order valence-corrected chi connectivity index (χ2v) is 4.89. The van der Waals surface area contributed by atoms with Gasteiger partial charge in [0.1, 0.15) is 5.60 Å². The Hall–Kier alpha value is -0.940. The number of ether oxygens (including phenoxy) is 2. The zero-order chi connectivity index (χ0) is 11.7. The summed E-state index contributed by atoms with van der Waals surface area (Å²) in [5.41, 5.74) is -0.271.